The highest BCUT2D eigenvalue weighted by Crippen LogP contribution is 2.22. The van der Waals surface area contributed by atoms with Crippen molar-refractivity contribution in [2.24, 2.45) is 0 Å². The molecule has 6 nitrogen and oxygen atoms in total. The minimum atomic E-state index is -0.398. The van der Waals surface area contributed by atoms with Crippen LogP contribution in [0.5, 0.6) is 0 Å². The molecule has 0 aliphatic heterocycles. The molecule has 0 aliphatic carbocycles. The zero-order valence-electron chi connectivity index (χ0n) is 11.8. The molecule has 1 unspecified atom stereocenters. The lowest BCUT2D eigenvalue weighted by molar-refractivity contribution is -0.384. The lowest BCUT2D eigenvalue weighted by Gasteiger charge is -2.12. The van der Waals surface area contributed by atoms with E-state index in [0.29, 0.717) is 5.69 Å². The molecular weight excluding hydrogens is 256 g/mol. The Morgan fingerprint density at radius 2 is 2.25 bits per heavy atom. The van der Waals surface area contributed by atoms with Gasteiger partial charge in [-0.15, -0.1) is 0 Å². The summed E-state index contributed by atoms with van der Waals surface area (Å²) in [5.41, 5.74) is 2.85. The summed E-state index contributed by atoms with van der Waals surface area (Å²) in [5.74, 6) is 0. The van der Waals surface area contributed by atoms with Gasteiger partial charge in [-0.1, -0.05) is 13.0 Å². The third kappa shape index (κ3) is 2.70. The van der Waals surface area contributed by atoms with E-state index in [1.54, 1.807) is 10.7 Å². The molecule has 106 valence electrons. The summed E-state index contributed by atoms with van der Waals surface area (Å²) in [7, 11) is 0. The summed E-state index contributed by atoms with van der Waals surface area (Å²) in [6, 6.07) is 6.69. The largest absolute Gasteiger partial charge is 0.310 e. The Morgan fingerprint density at radius 3 is 2.90 bits per heavy atom. The van der Waals surface area contributed by atoms with Gasteiger partial charge in [0.15, 0.2) is 0 Å². The van der Waals surface area contributed by atoms with Crippen molar-refractivity contribution in [3.05, 3.63) is 51.8 Å². The van der Waals surface area contributed by atoms with E-state index in [0.717, 1.165) is 17.8 Å². The van der Waals surface area contributed by atoms with E-state index in [9.17, 15) is 10.1 Å². The number of hydrogen-bond acceptors (Lipinski definition) is 4. The number of nitrogens with one attached hydrogen (secondary N) is 1. The Morgan fingerprint density at radius 1 is 1.50 bits per heavy atom. The van der Waals surface area contributed by atoms with Gasteiger partial charge in [0.1, 0.15) is 0 Å². The van der Waals surface area contributed by atoms with Crippen LogP contribution in [0.4, 0.5) is 5.69 Å². The fraction of sp³-hybridized carbons (Fsp3) is 0.357. The molecule has 0 radical (unpaired) electrons. The molecule has 0 amide bonds. The first kappa shape index (κ1) is 14.2. The third-order valence-electron chi connectivity index (χ3n) is 3.31. The van der Waals surface area contributed by atoms with Gasteiger partial charge in [0.25, 0.3) is 5.69 Å². The van der Waals surface area contributed by atoms with Crippen molar-refractivity contribution >= 4 is 5.69 Å². The van der Waals surface area contributed by atoms with E-state index >= 15 is 0 Å². The summed E-state index contributed by atoms with van der Waals surface area (Å²) in [5, 5.41) is 18.5. The van der Waals surface area contributed by atoms with Crippen molar-refractivity contribution in [1.82, 2.24) is 15.1 Å². The molecule has 0 bridgehead atoms. The second kappa shape index (κ2) is 5.83. The fourth-order valence-corrected chi connectivity index (χ4v) is 2.26. The lowest BCUT2D eigenvalue weighted by atomic mass is 10.1. The summed E-state index contributed by atoms with van der Waals surface area (Å²) >= 11 is 0. The number of nitro groups is 1. The molecule has 1 N–H and O–H groups in total. The molecule has 1 aromatic heterocycles. The summed E-state index contributed by atoms with van der Waals surface area (Å²) in [6.45, 7) is 6.97. The van der Waals surface area contributed by atoms with Crippen LogP contribution >= 0.6 is 0 Å². The molecule has 1 aromatic carbocycles. The fourth-order valence-electron chi connectivity index (χ4n) is 2.26. The van der Waals surface area contributed by atoms with Gasteiger partial charge in [0.2, 0.25) is 0 Å². The third-order valence-corrected chi connectivity index (χ3v) is 3.31. The van der Waals surface area contributed by atoms with Crippen LogP contribution in [-0.4, -0.2) is 21.2 Å². The van der Waals surface area contributed by atoms with Crippen molar-refractivity contribution in [2.45, 2.75) is 26.8 Å². The first-order valence-electron chi connectivity index (χ1n) is 6.57. The molecule has 0 saturated heterocycles. The van der Waals surface area contributed by atoms with Crippen molar-refractivity contribution in [2.75, 3.05) is 6.54 Å². The van der Waals surface area contributed by atoms with Crippen LogP contribution < -0.4 is 5.32 Å². The van der Waals surface area contributed by atoms with E-state index in [1.807, 2.05) is 19.2 Å². The SMILES string of the molecule is CCNC(C)c1cnn(-c2cccc([N+](=O)[O-])c2)c1C. The maximum atomic E-state index is 10.8. The van der Waals surface area contributed by atoms with Crippen LogP contribution in [0.2, 0.25) is 0 Å². The van der Waals surface area contributed by atoms with Crippen molar-refractivity contribution in [1.29, 1.82) is 0 Å². The summed E-state index contributed by atoms with van der Waals surface area (Å²) in [4.78, 5) is 10.4. The molecule has 2 aromatic rings. The van der Waals surface area contributed by atoms with E-state index in [2.05, 4.69) is 24.3 Å². The van der Waals surface area contributed by atoms with Crippen LogP contribution in [0, 0.1) is 17.0 Å². The average molecular weight is 274 g/mol. The molecule has 0 spiro atoms. The first-order chi connectivity index (χ1) is 9.54. The molecule has 0 fully saturated rings. The molecule has 0 saturated carbocycles. The van der Waals surface area contributed by atoms with E-state index in [-0.39, 0.29) is 11.7 Å². The summed E-state index contributed by atoms with van der Waals surface area (Å²) in [6.07, 6.45) is 1.81. The van der Waals surface area contributed by atoms with Gasteiger partial charge in [-0.3, -0.25) is 10.1 Å². The van der Waals surface area contributed by atoms with Crippen LogP contribution in [0.3, 0.4) is 0 Å². The predicted molar refractivity (Wildman–Crippen MR) is 77.0 cm³/mol. The Labute approximate surface area is 117 Å². The van der Waals surface area contributed by atoms with E-state index in [4.69, 9.17) is 0 Å². The Balaban J connectivity index is 2.39. The van der Waals surface area contributed by atoms with Crippen LogP contribution in [0.1, 0.15) is 31.1 Å². The molecule has 2 rings (SSSR count). The number of non-ortho nitro benzene ring substituents is 1. The Kier molecular flexibility index (Phi) is 4.14. The number of nitro benzene ring substituents is 1. The van der Waals surface area contributed by atoms with Gasteiger partial charge in [-0.25, -0.2) is 4.68 Å². The average Bonchev–Trinajstić information content (AvgIpc) is 2.81. The highest BCUT2D eigenvalue weighted by molar-refractivity contribution is 5.44. The van der Waals surface area contributed by atoms with Gasteiger partial charge < -0.3 is 5.32 Å². The topological polar surface area (TPSA) is 73.0 Å². The minimum Gasteiger partial charge on any atom is -0.310 e. The second-order valence-electron chi connectivity index (χ2n) is 4.65. The van der Waals surface area contributed by atoms with Gasteiger partial charge in [0.05, 0.1) is 16.8 Å². The monoisotopic (exact) mass is 274 g/mol. The van der Waals surface area contributed by atoms with Crippen LogP contribution in [0.15, 0.2) is 30.5 Å². The number of hydrogen-bond donors (Lipinski definition) is 1. The minimum absolute atomic E-state index is 0.0682. The van der Waals surface area contributed by atoms with E-state index < -0.39 is 4.92 Å². The van der Waals surface area contributed by atoms with Crippen molar-refractivity contribution in [3.63, 3.8) is 0 Å². The zero-order chi connectivity index (χ0) is 14.7. The zero-order valence-corrected chi connectivity index (χ0v) is 11.8. The van der Waals surface area contributed by atoms with Crippen molar-refractivity contribution < 1.29 is 4.92 Å². The first-order valence-corrected chi connectivity index (χ1v) is 6.57. The molecule has 1 atom stereocenters. The van der Waals surface area contributed by atoms with Gasteiger partial charge in [-0.2, -0.15) is 5.10 Å². The number of nitrogens with zero attached hydrogens (tertiary/aromatic N) is 3. The molecule has 1 heterocycles. The van der Waals surface area contributed by atoms with Gasteiger partial charge in [0, 0.05) is 29.4 Å². The Bertz CT molecular complexity index is 621. The Hall–Kier alpha value is -2.21. The van der Waals surface area contributed by atoms with Gasteiger partial charge in [-0.05, 0) is 26.5 Å². The van der Waals surface area contributed by atoms with Crippen LogP contribution in [-0.2, 0) is 0 Å². The second-order valence-corrected chi connectivity index (χ2v) is 4.65. The standard InChI is InChI=1S/C14H18N4O2/c1-4-15-10(2)14-9-16-17(11(14)3)12-6-5-7-13(8-12)18(19)20/h5-10,15H,4H2,1-3H3. The maximum absolute atomic E-state index is 10.8. The maximum Gasteiger partial charge on any atom is 0.271 e. The quantitative estimate of drug-likeness (QED) is 0.672. The highest BCUT2D eigenvalue weighted by atomic mass is 16.6. The van der Waals surface area contributed by atoms with Crippen molar-refractivity contribution in [3.8, 4) is 5.69 Å². The smallest absolute Gasteiger partial charge is 0.271 e. The summed E-state index contributed by atoms with van der Waals surface area (Å²) < 4.78 is 1.73. The lowest BCUT2D eigenvalue weighted by Crippen LogP contribution is -2.18. The normalized spacial score (nSPS) is 12.3. The number of benzene rings is 1. The number of rotatable bonds is 5. The molecule has 0 aliphatic rings. The van der Waals surface area contributed by atoms with Crippen LogP contribution in [0.25, 0.3) is 5.69 Å². The molecule has 20 heavy (non-hydrogen) atoms. The predicted octanol–water partition coefficient (Wildman–Crippen LogP) is 2.76. The molecule has 6 heteroatoms. The highest BCUT2D eigenvalue weighted by Gasteiger charge is 2.15. The van der Waals surface area contributed by atoms with Gasteiger partial charge >= 0.3 is 0 Å². The van der Waals surface area contributed by atoms with E-state index in [1.165, 1.54) is 12.1 Å². The number of aromatic nitrogens is 2. The molecular formula is C14H18N4O2.